The number of ether oxygens (including phenoxy) is 2. The Labute approximate surface area is 180 Å². The summed E-state index contributed by atoms with van der Waals surface area (Å²) in [5, 5.41) is 10.8. The number of fused-ring (bicyclic) bond motifs is 2. The smallest absolute Gasteiger partial charge is 0.337 e. The van der Waals surface area contributed by atoms with Gasteiger partial charge in [0.1, 0.15) is 0 Å². The number of pyridine rings is 1. The number of para-hydroxylation sites is 1. The first-order valence-corrected chi connectivity index (χ1v) is 10.4. The number of hydrogen-bond acceptors (Lipinski definition) is 4. The van der Waals surface area contributed by atoms with Gasteiger partial charge < -0.3 is 14.6 Å². The third kappa shape index (κ3) is 4.00. The minimum Gasteiger partial charge on any atom is -0.490 e. The number of aromatic nitrogens is 1. The van der Waals surface area contributed by atoms with Gasteiger partial charge >= 0.3 is 5.97 Å². The summed E-state index contributed by atoms with van der Waals surface area (Å²) in [6.07, 6.45) is 1.81. The van der Waals surface area contributed by atoms with E-state index in [4.69, 9.17) is 9.47 Å². The first-order valence-electron chi connectivity index (χ1n) is 10.4. The maximum atomic E-state index is 15.1. The highest BCUT2D eigenvalue weighted by Gasteiger charge is 2.32. The van der Waals surface area contributed by atoms with E-state index >= 15 is 4.39 Å². The molecule has 0 fully saturated rings. The zero-order chi connectivity index (χ0) is 22.3. The molecule has 0 aliphatic carbocycles. The molecule has 1 aromatic heterocycles. The third-order valence-electron chi connectivity index (χ3n) is 5.49. The Balaban J connectivity index is 2.05. The number of benzene rings is 2. The lowest BCUT2D eigenvalue weighted by Gasteiger charge is -2.28. The zero-order valence-corrected chi connectivity index (χ0v) is 18.2. The average molecular weight is 423 g/mol. The number of halogens is 1. The number of carboxylic acids is 1. The van der Waals surface area contributed by atoms with E-state index in [2.05, 4.69) is 4.98 Å². The van der Waals surface area contributed by atoms with E-state index in [1.807, 2.05) is 31.2 Å². The minimum atomic E-state index is -1.25. The molecule has 0 amide bonds. The van der Waals surface area contributed by atoms with Crippen LogP contribution in [0.15, 0.2) is 36.5 Å². The molecule has 0 saturated heterocycles. The lowest BCUT2D eigenvalue weighted by molar-refractivity contribution is -0.160. The van der Waals surface area contributed by atoms with Crippen LogP contribution in [-0.4, -0.2) is 28.3 Å². The molecule has 0 bridgehead atoms. The quantitative estimate of drug-likeness (QED) is 0.590. The highest BCUT2D eigenvalue weighted by Crippen LogP contribution is 2.43. The predicted molar refractivity (Wildman–Crippen MR) is 117 cm³/mol. The van der Waals surface area contributed by atoms with Gasteiger partial charge in [0.05, 0.1) is 17.7 Å². The van der Waals surface area contributed by atoms with E-state index in [1.165, 1.54) is 12.3 Å². The lowest BCUT2D eigenvalue weighted by atomic mass is 9.87. The van der Waals surface area contributed by atoms with Crippen molar-refractivity contribution in [2.75, 3.05) is 6.61 Å². The van der Waals surface area contributed by atoms with E-state index in [0.29, 0.717) is 41.0 Å². The highest BCUT2D eigenvalue weighted by molar-refractivity contribution is 5.99. The van der Waals surface area contributed by atoms with Crippen LogP contribution in [-0.2, 0) is 16.0 Å². The topological polar surface area (TPSA) is 68.7 Å². The second-order valence-electron chi connectivity index (χ2n) is 8.84. The summed E-state index contributed by atoms with van der Waals surface area (Å²) in [7, 11) is 0. The molecule has 1 N–H and O–H groups in total. The first-order chi connectivity index (χ1) is 14.7. The Bertz CT molecular complexity index is 1170. The van der Waals surface area contributed by atoms with Crippen LogP contribution >= 0.6 is 0 Å². The van der Waals surface area contributed by atoms with E-state index in [-0.39, 0.29) is 0 Å². The second kappa shape index (κ2) is 7.93. The molecule has 0 unspecified atom stereocenters. The van der Waals surface area contributed by atoms with Crippen molar-refractivity contribution in [3.63, 3.8) is 0 Å². The number of carboxylic acid groups (broad SMARTS) is 1. The van der Waals surface area contributed by atoms with Crippen molar-refractivity contribution in [1.29, 1.82) is 0 Å². The van der Waals surface area contributed by atoms with Crippen LogP contribution in [0.3, 0.4) is 0 Å². The normalized spacial score (nSPS) is 14.7. The summed E-state index contributed by atoms with van der Waals surface area (Å²) in [4.78, 5) is 16.7. The number of aliphatic carboxylic acids is 1. The van der Waals surface area contributed by atoms with Gasteiger partial charge in [-0.25, -0.2) is 9.18 Å². The van der Waals surface area contributed by atoms with Gasteiger partial charge in [-0.1, -0.05) is 18.2 Å². The Morgan fingerprint density at radius 3 is 2.74 bits per heavy atom. The summed E-state index contributed by atoms with van der Waals surface area (Å²) < 4.78 is 26.6. The van der Waals surface area contributed by atoms with Crippen LogP contribution in [0.25, 0.3) is 22.0 Å². The van der Waals surface area contributed by atoms with E-state index in [0.717, 1.165) is 22.9 Å². The van der Waals surface area contributed by atoms with Gasteiger partial charge in [0.2, 0.25) is 0 Å². The molecule has 1 atom stereocenters. The second-order valence-corrected chi connectivity index (χ2v) is 8.84. The molecule has 0 saturated carbocycles. The van der Waals surface area contributed by atoms with E-state index in [1.54, 1.807) is 20.8 Å². The molecule has 1 aliphatic heterocycles. The predicted octanol–water partition coefficient (Wildman–Crippen LogP) is 5.62. The minimum absolute atomic E-state index is 0.299. The lowest BCUT2D eigenvalue weighted by Crippen LogP contribution is -2.28. The molecule has 3 aromatic rings. The van der Waals surface area contributed by atoms with Gasteiger partial charge in [0.15, 0.2) is 17.7 Å². The van der Waals surface area contributed by atoms with Crippen LogP contribution in [0.5, 0.6) is 5.75 Å². The average Bonchev–Trinajstić information content (AvgIpc) is 2.73. The van der Waals surface area contributed by atoms with Crippen molar-refractivity contribution in [3.05, 3.63) is 59.0 Å². The Morgan fingerprint density at radius 2 is 2.03 bits per heavy atom. The highest BCUT2D eigenvalue weighted by atomic mass is 19.1. The molecule has 6 heteroatoms. The standard InChI is InChI=1S/C25H26FNO4/c1-14-15-9-7-11-30-22(15)19(26)12-17(14)21-16-8-5-6-10-20(16)27-13-18(21)23(24(28)29)31-25(2,3)4/h5-6,8,10,12-13,23H,7,9,11H2,1-4H3,(H,28,29)/t23-/m0/s1. The summed E-state index contributed by atoms with van der Waals surface area (Å²) in [6.45, 7) is 7.84. The molecular weight excluding hydrogens is 397 g/mol. The van der Waals surface area contributed by atoms with Crippen molar-refractivity contribution < 1.29 is 23.8 Å². The molecule has 0 radical (unpaired) electrons. The molecule has 31 heavy (non-hydrogen) atoms. The third-order valence-corrected chi connectivity index (χ3v) is 5.49. The molecule has 4 rings (SSSR count). The van der Waals surface area contributed by atoms with Crippen LogP contribution in [0.4, 0.5) is 4.39 Å². The number of rotatable bonds is 4. The van der Waals surface area contributed by atoms with Crippen molar-refractivity contribution >= 4 is 16.9 Å². The van der Waals surface area contributed by atoms with Crippen LogP contribution in [0, 0.1) is 12.7 Å². The Kier molecular flexibility index (Phi) is 5.43. The molecule has 2 aromatic carbocycles. The molecular formula is C25H26FNO4. The molecule has 2 heterocycles. The number of hydrogen-bond donors (Lipinski definition) is 1. The monoisotopic (exact) mass is 423 g/mol. The van der Waals surface area contributed by atoms with Crippen LogP contribution < -0.4 is 4.74 Å². The fourth-order valence-electron chi connectivity index (χ4n) is 4.17. The van der Waals surface area contributed by atoms with Gasteiger partial charge in [-0.2, -0.15) is 0 Å². The Hall–Kier alpha value is -2.99. The zero-order valence-electron chi connectivity index (χ0n) is 18.2. The van der Waals surface area contributed by atoms with E-state index < -0.39 is 23.5 Å². The first kappa shape index (κ1) is 21.2. The fourth-order valence-corrected chi connectivity index (χ4v) is 4.17. The van der Waals surface area contributed by atoms with Crippen molar-refractivity contribution in [2.45, 2.75) is 52.2 Å². The molecule has 5 nitrogen and oxygen atoms in total. The van der Waals surface area contributed by atoms with Gasteiger partial charge in [0.25, 0.3) is 0 Å². The summed E-state index contributed by atoms with van der Waals surface area (Å²) in [5.41, 5.74) is 3.39. The number of nitrogens with zero attached hydrogens (tertiary/aromatic N) is 1. The van der Waals surface area contributed by atoms with Gasteiger partial charge in [0, 0.05) is 22.7 Å². The Morgan fingerprint density at radius 1 is 1.29 bits per heavy atom. The summed E-state index contributed by atoms with van der Waals surface area (Å²) in [6, 6.07) is 8.92. The molecule has 1 aliphatic rings. The van der Waals surface area contributed by atoms with Gasteiger partial charge in [-0.05, 0) is 69.4 Å². The van der Waals surface area contributed by atoms with Gasteiger partial charge in [-0.15, -0.1) is 0 Å². The number of carbonyl (C=O) groups is 1. The maximum absolute atomic E-state index is 15.1. The van der Waals surface area contributed by atoms with Gasteiger partial charge in [-0.3, -0.25) is 4.98 Å². The van der Waals surface area contributed by atoms with Crippen molar-refractivity contribution in [1.82, 2.24) is 4.98 Å². The van der Waals surface area contributed by atoms with Crippen LogP contribution in [0.2, 0.25) is 0 Å². The van der Waals surface area contributed by atoms with Crippen molar-refractivity contribution in [3.8, 4) is 16.9 Å². The largest absolute Gasteiger partial charge is 0.490 e. The fraction of sp³-hybridized carbons (Fsp3) is 0.360. The van der Waals surface area contributed by atoms with E-state index in [9.17, 15) is 9.90 Å². The van der Waals surface area contributed by atoms with Crippen molar-refractivity contribution in [2.24, 2.45) is 0 Å². The molecule has 162 valence electrons. The maximum Gasteiger partial charge on any atom is 0.337 e. The van der Waals surface area contributed by atoms with Crippen LogP contribution in [0.1, 0.15) is 50.0 Å². The summed E-state index contributed by atoms with van der Waals surface area (Å²) in [5.74, 6) is -1.26. The molecule has 0 spiro atoms. The summed E-state index contributed by atoms with van der Waals surface area (Å²) >= 11 is 0. The SMILES string of the molecule is Cc1c(-c2c([C@H](OC(C)(C)C)C(=O)O)cnc3ccccc23)cc(F)c2c1CCCO2.